The van der Waals surface area contributed by atoms with Crippen LogP contribution in [0.1, 0.15) is 49.2 Å². The topological polar surface area (TPSA) is 79.4 Å². The summed E-state index contributed by atoms with van der Waals surface area (Å²) in [5, 5.41) is 9.69. The summed E-state index contributed by atoms with van der Waals surface area (Å²) >= 11 is 0. The lowest BCUT2D eigenvalue weighted by atomic mass is 9.99. The van der Waals surface area contributed by atoms with E-state index in [0.29, 0.717) is 5.69 Å². The quantitative estimate of drug-likeness (QED) is 0.785. The molecular weight excluding hydrogens is 222 g/mol. The molecule has 5 heteroatoms. The molecule has 0 saturated carbocycles. The molecule has 94 valence electrons. The van der Waals surface area contributed by atoms with Gasteiger partial charge in [0.25, 0.3) is 5.56 Å². The number of aromatic hydroxyl groups is 1. The van der Waals surface area contributed by atoms with Crippen molar-refractivity contribution in [2.75, 3.05) is 6.61 Å². The third-order valence-electron chi connectivity index (χ3n) is 2.64. The van der Waals surface area contributed by atoms with Gasteiger partial charge in [0.2, 0.25) is 0 Å². The first-order valence-electron chi connectivity index (χ1n) is 5.64. The summed E-state index contributed by atoms with van der Waals surface area (Å²) in [6, 6.07) is 0.984. The number of ether oxygens (including phenoxy) is 1. The molecule has 0 spiro atoms. The standard InChI is InChI=1S/C12H17NO4/c1-4-7(3)11-10(12(16)17-5-2)8(14)6-9(15)13-11/h6-7H,4-5H2,1-3H3,(H2,13,14,15). The summed E-state index contributed by atoms with van der Waals surface area (Å²) in [6.07, 6.45) is 0.742. The van der Waals surface area contributed by atoms with Crippen LogP contribution in [-0.4, -0.2) is 22.7 Å². The van der Waals surface area contributed by atoms with Gasteiger partial charge >= 0.3 is 5.97 Å². The molecule has 1 aromatic rings. The van der Waals surface area contributed by atoms with Gasteiger partial charge in [0.15, 0.2) is 0 Å². The number of hydrogen-bond acceptors (Lipinski definition) is 4. The van der Waals surface area contributed by atoms with Crippen molar-refractivity contribution in [3.05, 3.63) is 27.7 Å². The summed E-state index contributed by atoms with van der Waals surface area (Å²) < 4.78 is 4.86. The second-order valence-electron chi connectivity index (χ2n) is 3.84. The molecule has 1 atom stereocenters. The van der Waals surface area contributed by atoms with E-state index in [4.69, 9.17) is 4.74 Å². The largest absolute Gasteiger partial charge is 0.507 e. The third-order valence-corrected chi connectivity index (χ3v) is 2.64. The van der Waals surface area contributed by atoms with Crippen molar-refractivity contribution in [1.29, 1.82) is 0 Å². The van der Waals surface area contributed by atoms with E-state index in [1.165, 1.54) is 0 Å². The predicted molar refractivity (Wildman–Crippen MR) is 63.4 cm³/mol. The fourth-order valence-corrected chi connectivity index (χ4v) is 1.56. The maximum absolute atomic E-state index is 11.7. The minimum Gasteiger partial charge on any atom is -0.507 e. The van der Waals surface area contributed by atoms with Crippen LogP contribution < -0.4 is 5.56 Å². The van der Waals surface area contributed by atoms with Gasteiger partial charge in [-0.1, -0.05) is 13.8 Å². The number of H-pyrrole nitrogens is 1. The van der Waals surface area contributed by atoms with Crippen LogP contribution in [-0.2, 0) is 4.74 Å². The number of esters is 1. The van der Waals surface area contributed by atoms with E-state index < -0.39 is 11.5 Å². The van der Waals surface area contributed by atoms with Crippen LogP contribution in [0.4, 0.5) is 0 Å². The van der Waals surface area contributed by atoms with Crippen molar-refractivity contribution in [1.82, 2.24) is 4.98 Å². The molecule has 1 heterocycles. The molecule has 0 aliphatic rings. The van der Waals surface area contributed by atoms with Crippen LogP contribution in [0.25, 0.3) is 0 Å². The molecule has 0 saturated heterocycles. The van der Waals surface area contributed by atoms with E-state index in [1.807, 2.05) is 13.8 Å². The van der Waals surface area contributed by atoms with Crippen LogP contribution >= 0.6 is 0 Å². The Kier molecular flexibility index (Phi) is 4.31. The molecule has 0 bridgehead atoms. The van der Waals surface area contributed by atoms with E-state index >= 15 is 0 Å². The van der Waals surface area contributed by atoms with Crippen LogP contribution in [0.3, 0.4) is 0 Å². The van der Waals surface area contributed by atoms with Gasteiger partial charge in [0.05, 0.1) is 6.61 Å². The molecule has 0 aromatic carbocycles. The smallest absolute Gasteiger partial charge is 0.343 e. The Labute approximate surface area is 99.4 Å². The molecular formula is C12H17NO4. The van der Waals surface area contributed by atoms with Gasteiger partial charge < -0.3 is 14.8 Å². The van der Waals surface area contributed by atoms with Crippen molar-refractivity contribution in [3.63, 3.8) is 0 Å². The molecule has 2 N–H and O–H groups in total. The van der Waals surface area contributed by atoms with Crippen molar-refractivity contribution in [2.45, 2.75) is 33.1 Å². The number of nitrogens with one attached hydrogen (secondary N) is 1. The van der Waals surface area contributed by atoms with Crippen molar-refractivity contribution >= 4 is 5.97 Å². The fourth-order valence-electron chi connectivity index (χ4n) is 1.56. The SMILES string of the molecule is CCOC(=O)c1c(O)cc(=O)[nH]c1C(C)CC. The Balaban J connectivity index is 3.35. The minimum absolute atomic E-state index is 0.0331. The first kappa shape index (κ1) is 13.3. The van der Waals surface area contributed by atoms with E-state index in [0.717, 1.165) is 12.5 Å². The second-order valence-corrected chi connectivity index (χ2v) is 3.84. The fraction of sp³-hybridized carbons (Fsp3) is 0.500. The molecule has 1 aromatic heterocycles. The van der Waals surface area contributed by atoms with Gasteiger partial charge in [0.1, 0.15) is 11.3 Å². The first-order chi connectivity index (χ1) is 8.01. The molecule has 0 aliphatic carbocycles. The maximum Gasteiger partial charge on any atom is 0.343 e. The monoisotopic (exact) mass is 239 g/mol. The molecule has 0 radical (unpaired) electrons. The van der Waals surface area contributed by atoms with E-state index in [1.54, 1.807) is 6.92 Å². The zero-order valence-electron chi connectivity index (χ0n) is 10.2. The van der Waals surface area contributed by atoms with Gasteiger partial charge in [-0.15, -0.1) is 0 Å². The maximum atomic E-state index is 11.7. The molecule has 1 unspecified atom stereocenters. The number of aromatic amines is 1. The normalized spacial score (nSPS) is 12.2. The Bertz CT molecular complexity index is 464. The summed E-state index contributed by atoms with van der Waals surface area (Å²) in [5.41, 5.74) is 0.0580. The zero-order chi connectivity index (χ0) is 13.0. The number of hydrogen-bond donors (Lipinski definition) is 2. The molecule has 5 nitrogen and oxygen atoms in total. The van der Waals surface area contributed by atoms with E-state index in [-0.39, 0.29) is 23.8 Å². The average molecular weight is 239 g/mol. The van der Waals surface area contributed by atoms with Gasteiger partial charge in [0, 0.05) is 11.8 Å². The van der Waals surface area contributed by atoms with Gasteiger partial charge in [-0.3, -0.25) is 4.79 Å². The molecule has 0 amide bonds. The lowest BCUT2D eigenvalue weighted by Gasteiger charge is -2.14. The van der Waals surface area contributed by atoms with Crippen LogP contribution in [0.5, 0.6) is 5.75 Å². The van der Waals surface area contributed by atoms with Crippen LogP contribution in [0, 0.1) is 0 Å². The van der Waals surface area contributed by atoms with Crippen LogP contribution in [0.15, 0.2) is 10.9 Å². The number of aromatic nitrogens is 1. The molecule has 0 fully saturated rings. The Morgan fingerprint density at radius 1 is 1.53 bits per heavy atom. The first-order valence-corrected chi connectivity index (χ1v) is 5.64. The minimum atomic E-state index is -0.614. The third kappa shape index (κ3) is 2.87. The molecule has 0 aliphatic heterocycles. The molecule has 1 rings (SSSR count). The summed E-state index contributed by atoms with van der Waals surface area (Å²) in [7, 11) is 0. The zero-order valence-corrected chi connectivity index (χ0v) is 10.2. The van der Waals surface area contributed by atoms with E-state index in [2.05, 4.69) is 4.98 Å². The van der Waals surface area contributed by atoms with Gasteiger partial charge in [-0.25, -0.2) is 4.79 Å². The number of carbonyl (C=O) groups excluding carboxylic acids is 1. The lowest BCUT2D eigenvalue weighted by Crippen LogP contribution is -2.17. The highest BCUT2D eigenvalue weighted by molar-refractivity contribution is 5.93. The van der Waals surface area contributed by atoms with Crippen molar-refractivity contribution < 1.29 is 14.6 Å². The van der Waals surface area contributed by atoms with Gasteiger partial charge in [-0.2, -0.15) is 0 Å². The number of rotatable bonds is 4. The highest BCUT2D eigenvalue weighted by Crippen LogP contribution is 2.26. The average Bonchev–Trinajstić information content (AvgIpc) is 2.27. The lowest BCUT2D eigenvalue weighted by molar-refractivity contribution is 0.0520. The van der Waals surface area contributed by atoms with Crippen LogP contribution in [0.2, 0.25) is 0 Å². The summed E-state index contributed by atoms with van der Waals surface area (Å²) in [4.78, 5) is 25.6. The Morgan fingerprint density at radius 3 is 2.71 bits per heavy atom. The van der Waals surface area contributed by atoms with Crippen molar-refractivity contribution in [3.8, 4) is 5.75 Å². The summed E-state index contributed by atoms with van der Waals surface area (Å²) in [6.45, 7) is 5.70. The summed E-state index contributed by atoms with van der Waals surface area (Å²) in [5.74, 6) is -0.978. The Morgan fingerprint density at radius 2 is 2.18 bits per heavy atom. The van der Waals surface area contributed by atoms with E-state index in [9.17, 15) is 14.7 Å². The Hall–Kier alpha value is -1.78. The van der Waals surface area contributed by atoms with Crippen molar-refractivity contribution in [2.24, 2.45) is 0 Å². The number of pyridine rings is 1. The number of carbonyl (C=O) groups is 1. The highest BCUT2D eigenvalue weighted by Gasteiger charge is 2.21. The second kappa shape index (κ2) is 5.52. The molecule has 17 heavy (non-hydrogen) atoms. The predicted octanol–water partition coefficient (Wildman–Crippen LogP) is 1.77. The highest BCUT2D eigenvalue weighted by atomic mass is 16.5. The van der Waals surface area contributed by atoms with Gasteiger partial charge in [-0.05, 0) is 19.3 Å².